The summed E-state index contributed by atoms with van der Waals surface area (Å²) in [7, 11) is 1.49. The van der Waals surface area contributed by atoms with Crippen molar-refractivity contribution in [2.45, 2.75) is 32.6 Å². The molecule has 0 unspecified atom stereocenters. The predicted molar refractivity (Wildman–Crippen MR) is 84.0 cm³/mol. The molecule has 5 heteroatoms. The van der Waals surface area contributed by atoms with Crippen LogP contribution in [0.2, 0.25) is 0 Å². The SMILES string of the molecule is COc1cc(/C=N\NC(=O)[C@H]2[C@@H]3CCCC[C@@]32C)ccc1O. The Hall–Kier alpha value is -2.04. The first kappa shape index (κ1) is 14.9. The largest absolute Gasteiger partial charge is 0.504 e. The van der Waals surface area contributed by atoms with Crippen molar-refractivity contribution in [3.05, 3.63) is 23.8 Å². The summed E-state index contributed by atoms with van der Waals surface area (Å²) in [6.07, 6.45) is 6.34. The van der Waals surface area contributed by atoms with Crippen LogP contribution in [0, 0.1) is 17.3 Å². The number of phenols is 1. The van der Waals surface area contributed by atoms with Gasteiger partial charge in [-0.1, -0.05) is 19.8 Å². The third-order valence-electron chi connectivity index (χ3n) is 5.21. The molecule has 1 aromatic carbocycles. The number of hydrogen-bond donors (Lipinski definition) is 2. The molecule has 0 heterocycles. The molecule has 2 saturated carbocycles. The molecule has 3 atom stereocenters. The molecular weight excluding hydrogens is 280 g/mol. The highest BCUT2D eigenvalue weighted by molar-refractivity contribution is 5.86. The topological polar surface area (TPSA) is 70.9 Å². The highest BCUT2D eigenvalue weighted by Gasteiger charge is 2.64. The molecule has 0 bridgehead atoms. The minimum Gasteiger partial charge on any atom is -0.504 e. The number of carbonyl (C=O) groups is 1. The van der Waals surface area contributed by atoms with E-state index in [-0.39, 0.29) is 23.0 Å². The normalized spacial score (nSPS) is 29.9. The van der Waals surface area contributed by atoms with Crippen LogP contribution in [0.4, 0.5) is 0 Å². The van der Waals surface area contributed by atoms with Crippen LogP contribution in [-0.4, -0.2) is 24.3 Å². The van der Waals surface area contributed by atoms with E-state index in [2.05, 4.69) is 17.5 Å². The zero-order valence-corrected chi connectivity index (χ0v) is 13.0. The number of phenolic OH excluding ortho intramolecular Hbond substituents is 1. The van der Waals surface area contributed by atoms with Gasteiger partial charge in [-0.2, -0.15) is 5.10 Å². The lowest BCUT2D eigenvalue weighted by Gasteiger charge is -2.15. The van der Waals surface area contributed by atoms with Gasteiger partial charge in [-0.05, 0) is 47.9 Å². The van der Waals surface area contributed by atoms with Crippen LogP contribution in [0.3, 0.4) is 0 Å². The van der Waals surface area contributed by atoms with E-state index in [1.807, 2.05) is 0 Å². The molecule has 2 N–H and O–H groups in total. The van der Waals surface area contributed by atoms with Crippen molar-refractivity contribution < 1.29 is 14.6 Å². The van der Waals surface area contributed by atoms with Crippen molar-refractivity contribution in [3.8, 4) is 11.5 Å². The molecule has 118 valence electrons. The number of nitrogens with zero attached hydrogens (tertiary/aromatic N) is 1. The summed E-state index contributed by atoms with van der Waals surface area (Å²) in [5, 5.41) is 13.6. The van der Waals surface area contributed by atoms with Gasteiger partial charge >= 0.3 is 0 Å². The number of hydrazone groups is 1. The van der Waals surface area contributed by atoms with E-state index < -0.39 is 0 Å². The summed E-state index contributed by atoms with van der Waals surface area (Å²) in [5.74, 6) is 1.14. The number of fused-ring (bicyclic) bond motifs is 1. The number of hydrogen-bond acceptors (Lipinski definition) is 4. The molecule has 1 amide bonds. The summed E-state index contributed by atoms with van der Waals surface area (Å²) in [5.41, 5.74) is 3.61. The van der Waals surface area contributed by atoms with Crippen LogP contribution in [0.25, 0.3) is 0 Å². The zero-order chi connectivity index (χ0) is 15.7. The Morgan fingerprint density at radius 3 is 3.00 bits per heavy atom. The fraction of sp³-hybridized carbons (Fsp3) is 0.529. The smallest absolute Gasteiger partial charge is 0.244 e. The van der Waals surface area contributed by atoms with Crippen LogP contribution in [-0.2, 0) is 4.79 Å². The van der Waals surface area contributed by atoms with E-state index in [9.17, 15) is 9.90 Å². The summed E-state index contributed by atoms with van der Waals surface area (Å²) in [6, 6.07) is 4.92. The minimum atomic E-state index is 0.0244. The molecule has 2 aliphatic rings. The summed E-state index contributed by atoms with van der Waals surface area (Å²) >= 11 is 0. The number of ether oxygens (including phenoxy) is 1. The quantitative estimate of drug-likeness (QED) is 0.663. The predicted octanol–water partition coefficient (Wildman–Crippen LogP) is 2.68. The molecular formula is C17H22N2O3. The number of aromatic hydroxyl groups is 1. The van der Waals surface area contributed by atoms with Crippen molar-refractivity contribution in [1.29, 1.82) is 0 Å². The lowest BCUT2D eigenvalue weighted by Crippen LogP contribution is -2.22. The van der Waals surface area contributed by atoms with E-state index in [0.717, 1.165) is 18.4 Å². The molecule has 5 nitrogen and oxygen atoms in total. The van der Waals surface area contributed by atoms with E-state index in [1.165, 1.54) is 20.0 Å². The zero-order valence-electron chi connectivity index (χ0n) is 13.0. The molecule has 2 aliphatic carbocycles. The van der Waals surface area contributed by atoms with Gasteiger partial charge in [-0.3, -0.25) is 4.79 Å². The number of nitrogens with one attached hydrogen (secondary N) is 1. The van der Waals surface area contributed by atoms with Gasteiger partial charge in [0, 0.05) is 5.92 Å². The maximum Gasteiger partial charge on any atom is 0.244 e. The highest BCUT2D eigenvalue weighted by Crippen LogP contribution is 2.66. The van der Waals surface area contributed by atoms with Gasteiger partial charge in [0.15, 0.2) is 11.5 Å². The van der Waals surface area contributed by atoms with Crippen LogP contribution < -0.4 is 10.2 Å². The second kappa shape index (κ2) is 5.63. The van der Waals surface area contributed by atoms with Gasteiger partial charge < -0.3 is 9.84 Å². The molecule has 0 radical (unpaired) electrons. The molecule has 0 spiro atoms. The molecule has 0 saturated heterocycles. The Morgan fingerprint density at radius 1 is 1.50 bits per heavy atom. The second-order valence-electron chi connectivity index (χ2n) is 6.50. The molecule has 2 fully saturated rings. The first-order valence-electron chi connectivity index (χ1n) is 7.76. The Bertz CT molecular complexity index is 614. The van der Waals surface area contributed by atoms with Crippen molar-refractivity contribution in [3.63, 3.8) is 0 Å². The number of methoxy groups -OCH3 is 1. The van der Waals surface area contributed by atoms with Gasteiger partial charge in [0.05, 0.1) is 13.3 Å². The van der Waals surface area contributed by atoms with Crippen LogP contribution in [0.1, 0.15) is 38.2 Å². The van der Waals surface area contributed by atoms with Crippen LogP contribution in [0.15, 0.2) is 23.3 Å². The Kier molecular flexibility index (Phi) is 3.81. The summed E-state index contributed by atoms with van der Waals surface area (Å²) in [4.78, 5) is 12.3. The number of benzene rings is 1. The summed E-state index contributed by atoms with van der Waals surface area (Å²) < 4.78 is 5.04. The third kappa shape index (κ3) is 2.56. The van der Waals surface area contributed by atoms with Gasteiger partial charge in [-0.25, -0.2) is 5.43 Å². The van der Waals surface area contributed by atoms with Gasteiger partial charge in [-0.15, -0.1) is 0 Å². The molecule has 22 heavy (non-hydrogen) atoms. The van der Waals surface area contributed by atoms with E-state index in [4.69, 9.17) is 4.74 Å². The first-order valence-corrected chi connectivity index (χ1v) is 7.76. The minimum absolute atomic E-state index is 0.0244. The van der Waals surface area contributed by atoms with Crippen LogP contribution >= 0.6 is 0 Å². The van der Waals surface area contributed by atoms with Crippen molar-refractivity contribution in [2.75, 3.05) is 7.11 Å². The number of amides is 1. The van der Waals surface area contributed by atoms with Crippen molar-refractivity contribution in [2.24, 2.45) is 22.4 Å². The molecule has 1 aromatic rings. The second-order valence-corrected chi connectivity index (χ2v) is 6.50. The standard InChI is InChI=1S/C17H22N2O3/c1-17-8-4-3-5-12(17)15(17)16(21)19-18-10-11-6-7-13(20)14(9-11)22-2/h6-7,9-10,12,15,20H,3-5,8H2,1-2H3,(H,19,21)/b18-10-/t12-,15+,17-/m0/s1. The lowest BCUT2D eigenvalue weighted by atomic mass is 9.90. The van der Waals surface area contributed by atoms with E-state index in [0.29, 0.717) is 11.7 Å². The first-order chi connectivity index (χ1) is 10.6. The Balaban J connectivity index is 1.59. The van der Waals surface area contributed by atoms with Crippen molar-refractivity contribution in [1.82, 2.24) is 5.43 Å². The molecule has 3 rings (SSSR count). The average molecular weight is 302 g/mol. The van der Waals surface area contributed by atoms with Gasteiger partial charge in [0.1, 0.15) is 0 Å². The van der Waals surface area contributed by atoms with Crippen LogP contribution in [0.5, 0.6) is 11.5 Å². The maximum absolute atomic E-state index is 12.3. The van der Waals surface area contributed by atoms with Crippen molar-refractivity contribution >= 4 is 12.1 Å². The fourth-order valence-electron chi connectivity index (χ4n) is 3.86. The Morgan fingerprint density at radius 2 is 2.32 bits per heavy atom. The Labute approximate surface area is 130 Å². The fourth-order valence-corrected chi connectivity index (χ4v) is 3.86. The monoisotopic (exact) mass is 302 g/mol. The maximum atomic E-state index is 12.3. The van der Waals surface area contributed by atoms with E-state index in [1.54, 1.807) is 24.4 Å². The number of carbonyl (C=O) groups excluding carboxylic acids is 1. The van der Waals surface area contributed by atoms with Gasteiger partial charge in [0.25, 0.3) is 0 Å². The number of rotatable bonds is 4. The lowest BCUT2D eigenvalue weighted by molar-refractivity contribution is -0.123. The average Bonchev–Trinajstić information content (AvgIpc) is 3.14. The molecule has 0 aromatic heterocycles. The molecule has 0 aliphatic heterocycles. The summed E-state index contributed by atoms with van der Waals surface area (Å²) in [6.45, 7) is 2.22. The third-order valence-corrected chi connectivity index (χ3v) is 5.21. The van der Waals surface area contributed by atoms with Gasteiger partial charge in [0.2, 0.25) is 5.91 Å². The highest BCUT2D eigenvalue weighted by atomic mass is 16.5. The van der Waals surface area contributed by atoms with E-state index >= 15 is 0 Å².